The second-order valence-corrected chi connectivity index (χ2v) is 7.40. The Kier molecular flexibility index (Phi) is 4.22. The van der Waals surface area contributed by atoms with Gasteiger partial charge in [-0.15, -0.1) is 0 Å². The molecule has 2 fully saturated rings. The highest BCUT2D eigenvalue weighted by molar-refractivity contribution is 8.00. The van der Waals surface area contributed by atoms with Crippen LogP contribution in [0.4, 0.5) is 13.2 Å². The summed E-state index contributed by atoms with van der Waals surface area (Å²) in [5.41, 5.74) is -3.94. The first-order chi connectivity index (χ1) is 8.30. The zero-order chi connectivity index (χ0) is 13.4. The Balaban J connectivity index is 1.81. The first-order valence-electron chi connectivity index (χ1n) is 6.74. The average molecular weight is 281 g/mol. The molecule has 0 aromatic carbocycles. The molecule has 0 saturated heterocycles. The van der Waals surface area contributed by atoms with Gasteiger partial charge in [0, 0.05) is 18.3 Å². The molecule has 2 saturated carbocycles. The summed E-state index contributed by atoms with van der Waals surface area (Å²) in [6.07, 6.45) is 4.28. The number of hydrogen-bond donors (Lipinski definition) is 1. The van der Waals surface area contributed by atoms with Crippen molar-refractivity contribution in [1.82, 2.24) is 5.32 Å². The third-order valence-electron chi connectivity index (χ3n) is 4.24. The average Bonchev–Trinajstić information content (AvgIpc) is 2.83. The fraction of sp³-hybridized carbons (Fsp3) is 1.00. The van der Waals surface area contributed by atoms with Crippen molar-refractivity contribution >= 4 is 11.8 Å². The Hall–Kier alpha value is 0.100. The summed E-state index contributed by atoms with van der Waals surface area (Å²) in [7, 11) is 0. The van der Waals surface area contributed by atoms with Crippen LogP contribution in [0.1, 0.15) is 39.5 Å². The Morgan fingerprint density at radius 2 is 1.89 bits per heavy atom. The summed E-state index contributed by atoms with van der Waals surface area (Å²) < 4.78 is 36.6. The second-order valence-electron chi connectivity index (χ2n) is 6.24. The maximum atomic E-state index is 12.2. The predicted octanol–water partition coefficient (Wildman–Crippen LogP) is 4.04. The van der Waals surface area contributed by atoms with E-state index in [1.54, 1.807) is 0 Å². The van der Waals surface area contributed by atoms with Gasteiger partial charge in [0.25, 0.3) is 0 Å². The van der Waals surface area contributed by atoms with Crippen LogP contribution in [0.2, 0.25) is 0 Å². The summed E-state index contributed by atoms with van der Waals surface area (Å²) in [6, 6.07) is 0.411. The topological polar surface area (TPSA) is 12.0 Å². The molecule has 2 atom stereocenters. The molecule has 106 valence electrons. The van der Waals surface area contributed by atoms with Crippen LogP contribution in [0.5, 0.6) is 0 Å². The molecule has 0 heterocycles. The molecule has 2 rings (SSSR count). The van der Waals surface area contributed by atoms with Crippen molar-refractivity contribution in [2.45, 2.75) is 51.1 Å². The number of hydrogen-bond acceptors (Lipinski definition) is 2. The first kappa shape index (κ1) is 14.5. The van der Waals surface area contributed by atoms with Gasteiger partial charge in [-0.2, -0.15) is 13.2 Å². The molecular weight excluding hydrogens is 259 g/mol. The molecule has 2 unspecified atom stereocenters. The van der Waals surface area contributed by atoms with E-state index in [1.807, 2.05) is 0 Å². The number of thioether (sulfide) groups is 1. The molecule has 0 amide bonds. The number of halogens is 3. The van der Waals surface area contributed by atoms with E-state index in [1.165, 1.54) is 6.42 Å². The van der Waals surface area contributed by atoms with Crippen LogP contribution in [-0.4, -0.2) is 23.8 Å². The summed E-state index contributed by atoms with van der Waals surface area (Å²) in [5, 5.41) is 3.43. The molecule has 1 N–H and O–H groups in total. The van der Waals surface area contributed by atoms with E-state index in [-0.39, 0.29) is 22.9 Å². The highest BCUT2D eigenvalue weighted by atomic mass is 32.2. The van der Waals surface area contributed by atoms with Crippen LogP contribution in [0.3, 0.4) is 0 Å². The zero-order valence-electron chi connectivity index (χ0n) is 11.0. The molecule has 0 aromatic heterocycles. The van der Waals surface area contributed by atoms with Gasteiger partial charge in [0.1, 0.15) is 0 Å². The molecule has 0 aromatic rings. The lowest BCUT2D eigenvalue weighted by Gasteiger charge is -2.32. The highest BCUT2D eigenvalue weighted by Gasteiger charge is 2.53. The van der Waals surface area contributed by atoms with Crippen molar-refractivity contribution in [3.05, 3.63) is 0 Å². The molecule has 0 bridgehead atoms. The Morgan fingerprint density at radius 1 is 1.28 bits per heavy atom. The SMILES string of the molecule is CC(C)NCC1(CCSC(F)(F)F)CC2CC2C1. The summed E-state index contributed by atoms with van der Waals surface area (Å²) >= 11 is 0.141. The smallest absolute Gasteiger partial charge is 0.314 e. The monoisotopic (exact) mass is 281 g/mol. The number of rotatable bonds is 6. The lowest BCUT2D eigenvalue weighted by molar-refractivity contribution is -0.0329. The van der Waals surface area contributed by atoms with Crippen LogP contribution in [-0.2, 0) is 0 Å². The van der Waals surface area contributed by atoms with E-state index in [9.17, 15) is 13.2 Å². The van der Waals surface area contributed by atoms with E-state index in [4.69, 9.17) is 0 Å². The zero-order valence-corrected chi connectivity index (χ0v) is 11.8. The number of fused-ring (bicyclic) bond motifs is 1. The summed E-state index contributed by atoms with van der Waals surface area (Å²) in [6.45, 7) is 5.07. The predicted molar refractivity (Wildman–Crippen MR) is 69.5 cm³/mol. The van der Waals surface area contributed by atoms with E-state index in [0.29, 0.717) is 12.5 Å². The summed E-state index contributed by atoms with van der Waals surface area (Å²) in [5.74, 6) is 1.84. The van der Waals surface area contributed by atoms with Crippen LogP contribution in [0, 0.1) is 17.3 Å². The quantitative estimate of drug-likeness (QED) is 0.788. The minimum Gasteiger partial charge on any atom is -0.314 e. The van der Waals surface area contributed by atoms with Crippen molar-refractivity contribution in [3.63, 3.8) is 0 Å². The third-order valence-corrected chi connectivity index (χ3v) is 4.98. The lowest BCUT2D eigenvalue weighted by atomic mass is 9.80. The molecule has 5 heteroatoms. The first-order valence-corrected chi connectivity index (χ1v) is 7.72. The fourth-order valence-corrected chi connectivity index (χ4v) is 4.01. The molecule has 0 aliphatic heterocycles. The van der Waals surface area contributed by atoms with Gasteiger partial charge >= 0.3 is 5.51 Å². The molecule has 2 aliphatic rings. The van der Waals surface area contributed by atoms with Crippen LogP contribution in [0.25, 0.3) is 0 Å². The Labute approximate surface area is 111 Å². The van der Waals surface area contributed by atoms with Gasteiger partial charge < -0.3 is 5.32 Å². The Morgan fingerprint density at radius 3 is 2.39 bits per heavy atom. The van der Waals surface area contributed by atoms with E-state index >= 15 is 0 Å². The minimum atomic E-state index is -4.08. The van der Waals surface area contributed by atoms with Gasteiger partial charge in [0.15, 0.2) is 0 Å². The van der Waals surface area contributed by atoms with Gasteiger partial charge in [-0.3, -0.25) is 0 Å². The van der Waals surface area contributed by atoms with Gasteiger partial charge in [-0.25, -0.2) is 0 Å². The van der Waals surface area contributed by atoms with Crippen molar-refractivity contribution in [2.24, 2.45) is 17.3 Å². The second kappa shape index (κ2) is 5.23. The van der Waals surface area contributed by atoms with Gasteiger partial charge in [-0.05, 0) is 42.9 Å². The van der Waals surface area contributed by atoms with Crippen LogP contribution >= 0.6 is 11.8 Å². The minimum absolute atomic E-state index is 0.135. The Bertz CT molecular complexity index is 280. The fourth-order valence-electron chi connectivity index (χ4n) is 3.25. The van der Waals surface area contributed by atoms with Gasteiger partial charge in [0.05, 0.1) is 0 Å². The third kappa shape index (κ3) is 4.05. The molecule has 2 aliphatic carbocycles. The van der Waals surface area contributed by atoms with E-state index < -0.39 is 5.51 Å². The van der Waals surface area contributed by atoms with E-state index in [2.05, 4.69) is 19.2 Å². The molecular formula is C13H22F3NS. The van der Waals surface area contributed by atoms with Crippen molar-refractivity contribution < 1.29 is 13.2 Å². The molecule has 0 radical (unpaired) electrons. The van der Waals surface area contributed by atoms with Crippen molar-refractivity contribution in [3.8, 4) is 0 Å². The maximum Gasteiger partial charge on any atom is 0.441 e. The number of alkyl halides is 3. The summed E-state index contributed by atoms with van der Waals surface area (Å²) in [4.78, 5) is 0. The maximum absolute atomic E-state index is 12.2. The standard InChI is InChI=1S/C13H22F3NS/c1-9(2)17-8-12(3-4-18-13(14,15)16)6-10-5-11(10)7-12/h9-11,17H,3-8H2,1-2H3. The van der Waals surface area contributed by atoms with Crippen molar-refractivity contribution in [1.29, 1.82) is 0 Å². The normalized spacial score (nSPS) is 35.0. The number of nitrogens with one attached hydrogen (secondary N) is 1. The van der Waals surface area contributed by atoms with Crippen LogP contribution < -0.4 is 5.32 Å². The lowest BCUT2D eigenvalue weighted by Crippen LogP contribution is -2.37. The molecule has 18 heavy (non-hydrogen) atoms. The largest absolute Gasteiger partial charge is 0.441 e. The van der Waals surface area contributed by atoms with Crippen molar-refractivity contribution in [2.75, 3.05) is 12.3 Å². The van der Waals surface area contributed by atoms with E-state index in [0.717, 1.165) is 31.2 Å². The van der Waals surface area contributed by atoms with Gasteiger partial charge in [-0.1, -0.05) is 25.6 Å². The van der Waals surface area contributed by atoms with Gasteiger partial charge in [0.2, 0.25) is 0 Å². The van der Waals surface area contributed by atoms with Crippen LogP contribution in [0.15, 0.2) is 0 Å². The molecule has 1 nitrogen and oxygen atoms in total. The molecule has 0 spiro atoms. The highest BCUT2D eigenvalue weighted by Crippen LogP contribution is 2.61.